The monoisotopic (exact) mass is 263 g/mol. The standard InChI is InChI=1S/C13H17N3O3/c1-7-8(2)15-16-11(7)14-12(17)9-5-3-4-6-10(9)13(18)19/h3-4,9-10H,5-6H2,1-2H3,(H,18,19)(H2,14,15,16,17). The Morgan fingerprint density at radius 3 is 2.47 bits per heavy atom. The van der Waals surface area contributed by atoms with Gasteiger partial charge in [0.25, 0.3) is 0 Å². The molecule has 0 radical (unpaired) electrons. The van der Waals surface area contributed by atoms with Crippen molar-refractivity contribution in [2.45, 2.75) is 26.7 Å². The average molecular weight is 263 g/mol. The number of rotatable bonds is 3. The molecule has 0 fully saturated rings. The topological polar surface area (TPSA) is 95.1 Å². The van der Waals surface area contributed by atoms with Crippen LogP contribution < -0.4 is 5.32 Å². The van der Waals surface area contributed by atoms with E-state index < -0.39 is 17.8 Å². The van der Waals surface area contributed by atoms with Crippen molar-refractivity contribution in [2.75, 3.05) is 5.32 Å². The van der Waals surface area contributed by atoms with Crippen molar-refractivity contribution in [1.29, 1.82) is 0 Å². The highest BCUT2D eigenvalue weighted by Gasteiger charge is 2.34. The number of carbonyl (C=O) groups excluding carboxylic acids is 1. The third-order valence-electron chi connectivity index (χ3n) is 3.58. The van der Waals surface area contributed by atoms with Crippen molar-refractivity contribution >= 4 is 17.7 Å². The van der Waals surface area contributed by atoms with Crippen LogP contribution in [0, 0.1) is 25.7 Å². The van der Waals surface area contributed by atoms with Crippen LogP contribution in [0.3, 0.4) is 0 Å². The summed E-state index contributed by atoms with van der Waals surface area (Å²) >= 11 is 0. The molecule has 0 spiro atoms. The van der Waals surface area contributed by atoms with Gasteiger partial charge in [0.2, 0.25) is 5.91 Å². The molecule has 0 aromatic carbocycles. The summed E-state index contributed by atoms with van der Waals surface area (Å²) in [6.45, 7) is 3.71. The highest BCUT2D eigenvalue weighted by atomic mass is 16.4. The van der Waals surface area contributed by atoms with E-state index in [1.165, 1.54) is 0 Å². The lowest BCUT2D eigenvalue weighted by molar-refractivity contribution is -0.146. The Bertz CT molecular complexity index is 533. The Morgan fingerprint density at radius 2 is 1.95 bits per heavy atom. The molecule has 0 saturated carbocycles. The first-order valence-electron chi connectivity index (χ1n) is 6.21. The largest absolute Gasteiger partial charge is 0.481 e. The number of aromatic nitrogens is 2. The van der Waals surface area contributed by atoms with E-state index in [4.69, 9.17) is 5.11 Å². The zero-order chi connectivity index (χ0) is 14.0. The van der Waals surface area contributed by atoms with E-state index in [1.807, 2.05) is 26.0 Å². The van der Waals surface area contributed by atoms with E-state index in [9.17, 15) is 9.59 Å². The Kier molecular flexibility index (Phi) is 3.69. The van der Waals surface area contributed by atoms with Gasteiger partial charge in [-0.15, -0.1) is 0 Å². The van der Waals surface area contributed by atoms with Crippen LogP contribution in [0.2, 0.25) is 0 Å². The maximum Gasteiger partial charge on any atom is 0.307 e. The van der Waals surface area contributed by atoms with Crippen LogP contribution in [0.4, 0.5) is 5.82 Å². The highest BCUT2D eigenvalue weighted by Crippen LogP contribution is 2.27. The van der Waals surface area contributed by atoms with Gasteiger partial charge in [-0.3, -0.25) is 14.7 Å². The normalized spacial score (nSPS) is 22.2. The summed E-state index contributed by atoms with van der Waals surface area (Å²) in [6, 6.07) is 0. The molecule has 19 heavy (non-hydrogen) atoms. The minimum Gasteiger partial charge on any atom is -0.481 e. The molecule has 0 bridgehead atoms. The molecule has 1 aromatic heterocycles. The number of aliphatic carboxylic acids is 1. The van der Waals surface area contributed by atoms with Crippen molar-refractivity contribution in [1.82, 2.24) is 10.2 Å². The van der Waals surface area contributed by atoms with Gasteiger partial charge in [0.15, 0.2) is 5.82 Å². The van der Waals surface area contributed by atoms with E-state index in [0.717, 1.165) is 11.3 Å². The van der Waals surface area contributed by atoms with Crippen LogP contribution in [0.5, 0.6) is 0 Å². The zero-order valence-corrected chi connectivity index (χ0v) is 10.9. The number of allylic oxidation sites excluding steroid dienone is 2. The van der Waals surface area contributed by atoms with E-state index in [-0.39, 0.29) is 5.91 Å². The van der Waals surface area contributed by atoms with Gasteiger partial charge in [-0.1, -0.05) is 12.2 Å². The number of aromatic amines is 1. The average Bonchev–Trinajstić information content (AvgIpc) is 2.70. The molecule has 1 aromatic rings. The van der Waals surface area contributed by atoms with Crippen LogP contribution in [-0.2, 0) is 9.59 Å². The molecule has 1 aliphatic carbocycles. The number of nitrogens with one attached hydrogen (secondary N) is 2. The SMILES string of the molecule is Cc1[nH]nc(NC(=O)C2CC=CCC2C(=O)O)c1C. The van der Waals surface area contributed by atoms with Gasteiger partial charge in [-0.05, 0) is 26.7 Å². The summed E-state index contributed by atoms with van der Waals surface area (Å²) in [5.74, 6) is -1.95. The zero-order valence-electron chi connectivity index (χ0n) is 10.9. The predicted molar refractivity (Wildman–Crippen MR) is 69.7 cm³/mol. The van der Waals surface area contributed by atoms with E-state index >= 15 is 0 Å². The molecular formula is C13H17N3O3. The van der Waals surface area contributed by atoms with Crippen molar-refractivity contribution in [3.05, 3.63) is 23.4 Å². The van der Waals surface area contributed by atoms with Gasteiger partial charge in [0, 0.05) is 11.3 Å². The quantitative estimate of drug-likeness (QED) is 0.722. The second kappa shape index (κ2) is 5.26. The third-order valence-corrected chi connectivity index (χ3v) is 3.58. The van der Waals surface area contributed by atoms with Crippen molar-refractivity contribution < 1.29 is 14.7 Å². The highest BCUT2D eigenvalue weighted by molar-refractivity contribution is 5.95. The number of amides is 1. The van der Waals surface area contributed by atoms with Crippen molar-refractivity contribution in [3.8, 4) is 0 Å². The number of H-pyrrole nitrogens is 1. The molecule has 2 atom stereocenters. The van der Waals surface area contributed by atoms with Crippen molar-refractivity contribution in [3.63, 3.8) is 0 Å². The minimum absolute atomic E-state index is 0.286. The predicted octanol–water partition coefficient (Wildman–Crippen LogP) is 1.63. The molecule has 1 heterocycles. The van der Waals surface area contributed by atoms with Crippen LogP contribution in [0.1, 0.15) is 24.1 Å². The molecule has 6 nitrogen and oxygen atoms in total. The molecule has 0 aliphatic heterocycles. The Morgan fingerprint density at radius 1 is 1.32 bits per heavy atom. The summed E-state index contributed by atoms with van der Waals surface area (Å²) in [5.41, 5.74) is 1.75. The fourth-order valence-electron chi connectivity index (χ4n) is 2.19. The summed E-state index contributed by atoms with van der Waals surface area (Å²) in [7, 11) is 0. The molecule has 2 rings (SSSR count). The molecule has 0 saturated heterocycles. The van der Waals surface area contributed by atoms with Gasteiger partial charge >= 0.3 is 5.97 Å². The lowest BCUT2D eigenvalue weighted by atomic mass is 9.82. The number of hydrogen-bond acceptors (Lipinski definition) is 3. The fourth-order valence-corrected chi connectivity index (χ4v) is 2.19. The third kappa shape index (κ3) is 2.67. The summed E-state index contributed by atoms with van der Waals surface area (Å²) < 4.78 is 0. The van der Waals surface area contributed by atoms with Gasteiger partial charge in [0.1, 0.15) is 0 Å². The number of carboxylic acid groups (broad SMARTS) is 1. The van der Waals surface area contributed by atoms with Crippen LogP contribution in [-0.4, -0.2) is 27.2 Å². The Balaban J connectivity index is 2.12. The summed E-state index contributed by atoms with van der Waals surface area (Å²) in [4.78, 5) is 23.3. The number of anilines is 1. The number of carboxylic acids is 1. The van der Waals surface area contributed by atoms with E-state index in [0.29, 0.717) is 18.7 Å². The van der Waals surface area contributed by atoms with Gasteiger partial charge < -0.3 is 10.4 Å². The number of carbonyl (C=O) groups is 2. The Labute approximate surface area is 110 Å². The molecule has 3 N–H and O–H groups in total. The van der Waals surface area contributed by atoms with Gasteiger partial charge in [-0.2, -0.15) is 5.10 Å². The molecule has 2 unspecified atom stereocenters. The molecule has 1 aliphatic rings. The maximum atomic E-state index is 12.2. The van der Waals surface area contributed by atoms with E-state index in [1.54, 1.807) is 0 Å². The lowest BCUT2D eigenvalue weighted by Crippen LogP contribution is -2.34. The number of aryl methyl sites for hydroxylation is 1. The molecular weight excluding hydrogens is 246 g/mol. The van der Waals surface area contributed by atoms with Crippen LogP contribution in [0.25, 0.3) is 0 Å². The first-order valence-corrected chi connectivity index (χ1v) is 6.21. The number of nitrogens with zero attached hydrogens (tertiary/aromatic N) is 1. The first-order chi connectivity index (χ1) is 9.00. The minimum atomic E-state index is -0.931. The summed E-state index contributed by atoms with van der Waals surface area (Å²) in [6.07, 6.45) is 4.51. The fraction of sp³-hybridized carbons (Fsp3) is 0.462. The Hall–Kier alpha value is -2.11. The first kappa shape index (κ1) is 13.3. The van der Waals surface area contributed by atoms with Crippen LogP contribution in [0.15, 0.2) is 12.2 Å². The van der Waals surface area contributed by atoms with Gasteiger partial charge in [-0.25, -0.2) is 0 Å². The second-order valence-electron chi connectivity index (χ2n) is 4.81. The lowest BCUT2D eigenvalue weighted by Gasteiger charge is -2.23. The molecule has 6 heteroatoms. The van der Waals surface area contributed by atoms with Crippen molar-refractivity contribution in [2.24, 2.45) is 11.8 Å². The van der Waals surface area contributed by atoms with Crippen LogP contribution >= 0.6 is 0 Å². The smallest absolute Gasteiger partial charge is 0.307 e. The molecule has 1 amide bonds. The molecule has 102 valence electrons. The maximum absolute atomic E-state index is 12.2. The van der Waals surface area contributed by atoms with E-state index in [2.05, 4.69) is 15.5 Å². The second-order valence-corrected chi connectivity index (χ2v) is 4.81. The van der Waals surface area contributed by atoms with Gasteiger partial charge in [0.05, 0.1) is 11.8 Å². The summed E-state index contributed by atoms with van der Waals surface area (Å²) in [5, 5.41) is 18.6. The number of hydrogen-bond donors (Lipinski definition) is 3.